The molecule has 1 amide bonds. The van der Waals surface area contributed by atoms with Crippen molar-refractivity contribution < 1.29 is 19.0 Å². The molecule has 0 fully saturated rings. The molecule has 0 aliphatic rings. The lowest BCUT2D eigenvalue weighted by Crippen LogP contribution is -2.12. The summed E-state index contributed by atoms with van der Waals surface area (Å²) in [5.74, 6) is -1.18. The third kappa shape index (κ3) is 3.37. The molecule has 0 atom stereocenters. The number of carbonyl (C=O) groups is 1. The normalized spacial score (nSPS) is 10.3. The maximum absolute atomic E-state index is 13.3. The van der Waals surface area contributed by atoms with Crippen LogP contribution in [0.5, 0.6) is 11.5 Å². The van der Waals surface area contributed by atoms with Gasteiger partial charge in [-0.3, -0.25) is 4.79 Å². The molecule has 0 aliphatic heterocycles. The SMILES string of the molecule is COc1ccc(C(=O)Nc2cc(Cl)c(F)c(Cl)c2)cc1O. The van der Waals surface area contributed by atoms with Crippen molar-refractivity contribution in [3.63, 3.8) is 0 Å². The number of nitrogens with one attached hydrogen (secondary N) is 1. The Bertz CT molecular complexity index is 684. The number of anilines is 1. The Balaban J connectivity index is 2.24. The molecule has 0 heterocycles. The second-order valence-electron chi connectivity index (χ2n) is 4.09. The number of benzene rings is 2. The van der Waals surface area contributed by atoms with E-state index in [0.717, 1.165) is 0 Å². The number of hydrogen-bond donors (Lipinski definition) is 2. The Morgan fingerprint density at radius 2 is 1.86 bits per heavy atom. The van der Waals surface area contributed by atoms with Gasteiger partial charge in [-0.1, -0.05) is 23.2 Å². The van der Waals surface area contributed by atoms with Gasteiger partial charge in [-0.25, -0.2) is 4.39 Å². The second kappa shape index (κ2) is 6.20. The van der Waals surface area contributed by atoms with Crippen molar-refractivity contribution in [2.75, 3.05) is 12.4 Å². The van der Waals surface area contributed by atoms with Gasteiger partial charge in [0.05, 0.1) is 17.2 Å². The molecule has 4 nitrogen and oxygen atoms in total. The molecule has 0 aliphatic carbocycles. The Morgan fingerprint density at radius 1 is 1.24 bits per heavy atom. The molecule has 2 N–H and O–H groups in total. The molecule has 7 heteroatoms. The quantitative estimate of drug-likeness (QED) is 0.833. The van der Waals surface area contributed by atoms with E-state index in [4.69, 9.17) is 27.9 Å². The monoisotopic (exact) mass is 329 g/mol. The summed E-state index contributed by atoms with van der Waals surface area (Å²) in [6, 6.07) is 6.66. The summed E-state index contributed by atoms with van der Waals surface area (Å²) in [7, 11) is 1.40. The topological polar surface area (TPSA) is 58.6 Å². The molecule has 0 radical (unpaired) electrons. The van der Waals surface area contributed by atoms with Crippen molar-refractivity contribution >= 4 is 34.8 Å². The number of ether oxygens (including phenoxy) is 1. The van der Waals surface area contributed by atoms with Gasteiger partial charge in [0, 0.05) is 11.3 Å². The molecule has 2 aromatic rings. The van der Waals surface area contributed by atoms with Crippen LogP contribution in [0.1, 0.15) is 10.4 Å². The third-order valence-electron chi connectivity index (χ3n) is 2.68. The van der Waals surface area contributed by atoms with Crippen LogP contribution in [0, 0.1) is 5.82 Å². The first-order valence-electron chi connectivity index (χ1n) is 5.75. The Labute approximate surface area is 130 Å². The van der Waals surface area contributed by atoms with E-state index < -0.39 is 11.7 Å². The summed E-state index contributed by atoms with van der Waals surface area (Å²) in [5, 5.41) is 11.7. The minimum atomic E-state index is -0.751. The zero-order chi connectivity index (χ0) is 15.6. The van der Waals surface area contributed by atoms with Crippen LogP contribution >= 0.6 is 23.2 Å². The lowest BCUT2D eigenvalue weighted by molar-refractivity contribution is 0.102. The van der Waals surface area contributed by atoms with E-state index in [-0.39, 0.29) is 32.8 Å². The molecule has 0 spiro atoms. The van der Waals surface area contributed by atoms with Gasteiger partial charge in [-0.2, -0.15) is 0 Å². The maximum atomic E-state index is 13.3. The van der Waals surface area contributed by atoms with Crippen LogP contribution in [0.25, 0.3) is 0 Å². The van der Waals surface area contributed by atoms with E-state index in [1.807, 2.05) is 0 Å². The lowest BCUT2D eigenvalue weighted by atomic mass is 10.2. The molecule has 2 aromatic carbocycles. The number of amides is 1. The van der Waals surface area contributed by atoms with E-state index in [9.17, 15) is 14.3 Å². The molecular weight excluding hydrogens is 320 g/mol. The van der Waals surface area contributed by atoms with Gasteiger partial charge in [0.1, 0.15) is 0 Å². The summed E-state index contributed by atoms with van der Waals surface area (Å²) in [4.78, 5) is 12.0. The van der Waals surface area contributed by atoms with Crippen molar-refractivity contribution in [2.45, 2.75) is 0 Å². The van der Waals surface area contributed by atoms with Crippen molar-refractivity contribution in [2.24, 2.45) is 0 Å². The zero-order valence-electron chi connectivity index (χ0n) is 10.8. The van der Waals surface area contributed by atoms with Crippen molar-refractivity contribution in [1.29, 1.82) is 0 Å². The van der Waals surface area contributed by atoms with Crippen LogP contribution in [0.2, 0.25) is 10.0 Å². The average Bonchev–Trinajstić information content (AvgIpc) is 2.44. The highest BCUT2D eigenvalue weighted by Crippen LogP contribution is 2.29. The minimum Gasteiger partial charge on any atom is -0.504 e. The van der Waals surface area contributed by atoms with E-state index in [1.54, 1.807) is 0 Å². The third-order valence-corrected chi connectivity index (χ3v) is 3.23. The van der Waals surface area contributed by atoms with Gasteiger partial charge in [0.25, 0.3) is 5.91 Å². The molecule has 0 saturated heterocycles. The van der Waals surface area contributed by atoms with Gasteiger partial charge in [0.2, 0.25) is 0 Å². The standard InChI is InChI=1S/C14H10Cl2FNO3/c1-21-12-3-2-7(4-11(12)19)14(20)18-8-5-9(15)13(17)10(16)6-8/h2-6,19H,1H3,(H,18,20). The molecule has 0 unspecified atom stereocenters. The molecule has 110 valence electrons. The molecular formula is C14H10Cl2FNO3. The number of halogens is 3. The van der Waals surface area contributed by atoms with Crippen LogP contribution in [-0.4, -0.2) is 18.1 Å². The molecule has 2 rings (SSSR count). The Kier molecular flexibility index (Phi) is 4.55. The lowest BCUT2D eigenvalue weighted by Gasteiger charge is -2.09. The first-order chi connectivity index (χ1) is 9.92. The number of methoxy groups -OCH3 is 1. The number of rotatable bonds is 3. The summed E-state index contributed by atoms with van der Waals surface area (Å²) < 4.78 is 18.2. The van der Waals surface area contributed by atoms with Gasteiger partial charge < -0.3 is 15.2 Å². The zero-order valence-corrected chi connectivity index (χ0v) is 12.3. The first kappa shape index (κ1) is 15.4. The Morgan fingerprint density at radius 3 is 2.38 bits per heavy atom. The highest BCUT2D eigenvalue weighted by molar-refractivity contribution is 6.35. The first-order valence-corrected chi connectivity index (χ1v) is 6.51. The van der Waals surface area contributed by atoms with E-state index >= 15 is 0 Å². The van der Waals surface area contributed by atoms with E-state index in [1.165, 1.54) is 37.4 Å². The van der Waals surface area contributed by atoms with Gasteiger partial charge in [0.15, 0.2) is 17.3 Å². The molecule has 21 heavy (non-hydrogen) atoms. The largest absolute Gasteiger partial charge is 0.504 e. The van der Waals surface area contributed by atoms with Crippen LogP contribution in [-0.2, 0) is 0 Å². The fourth-order valence-electron chi connectivity index (χ4n) is 1.66. The van der Waals surface area contributed by atoms with Crippen molar-refractivity contribution in [1.82, 2.24) is 0 Å². The number of hydrogen-bond acceptors (Lipinski definition) is 3. The van der Waals surface area contributed by atoms with Gasteiger partial charge in [-0.15, -0.1) is 0 Å². The summed E-state index contributed by atoms with van der Waals surface area (Å²) in [5.41, 5.74) is 0.441. The fourth-order valence-corrected chi connectivity index (χ4v) is 2.15. The summed E-state index contributed by atoms with van der Waals surface area (Å²) in [6.07, 6.45) is 0. The molecule has 0 saturated carbocycles. The van der Waals surface area contributed by atoms with Gasteiger partial charge >= 0.3 is 0 Å². The number of aromatic hydroxyl groups is 1. The predicted molar refractivity (Wildman–Crippen MR) is 79.0 cm³/mol. The molecule has 0 bridgehead atoms. The van der Waals surface area contributed by atoms with E-state index in [2.05, 4.69) is 5.32 Å². The van der Waals surface area contributed by atoms with Crippen LogP contribution in [0.3, 0.4) is 0 Å². The van der Waals surface area contributed by atoms with Crippen LogP contribution in [0.15, 0.2) is 30.3 Å². The smallest absolute Gasteiger partial charge is 0.255 e. The summed E-state index contributed by atoms with van der Waals surface area (Å²) in [6.45, 7) is 0. The molecule has 0 aromatic heterocycles. The fraction of sp³-hybridized carbons (Fsp3) is 0.0714. The average molecular weight is 330 g/mol. The maximum Gasteiger partial charge on any atom is 0.255 e. The highest BCUT2D eigenvalue weighted by atomic mass is 35.5. The van der Waals surface area contributed by atoms with E-state index in [0.29, 0.717) is 0 Å². The van der Waals surface area contributed by atoms with Crippen LogP contribution in [0.4, 0.5) is 10.1 Å². The van der Waals surface area contributed by atoms with Crippen molar-refractivity contribution in [3.05, 3.63) is 51.8 Å². The number of phenolic OH excluding ortho intramolecular Hbond substituents is 1. The predicted octanol–water partition coefficient (Wildman–Crippen LogP) is 4.10. The number of phenols is 1. The number of carbonyl (C=O) groups excluding carboxylic acids is 1. The van der Waals surface area contributed by atoms with Crippen molar-refractivity contribution in [3.8, 4) is 11.5 Å². The van der Waals surface area contributed by atoms with Crippen LogP contribution < -0.4 is 10.1 Å². The second-order valence-corrected chi connectivity index (χ2v) is 4.91. The van der Waals surface area contributed by atoms with Gasteiger partial charge in [-0.05, 0) is 30.3 Å². The highest BCUT2D eigenvalue weighted by Gasteiger charge is 2.12. The summed E-state index contributed by atoms with van der Waals surface area (Å²) >= 11 is 11.3. The Hall–Kier alpha value is -1.98. The minimum absolute atomic E-state index is 0.166.